The lowest BCUT2D eigenvalue weighted by Gasteiger charge is -2.31. The minimum Gasteiger partial charge on any atom is -0.465 e. The summed E-state index contributed by atoms with van der Waals surface area (Å²) in [4.78, 5) is 31.2. The van der Waals surface area contributed by atoms with E-state index in [2.05, 4.69) is 22.5 Å². The van der Waals surface area contributed by atoms with Crippen molar-refractivity contribution in [3.05, 3.63) is 40.9 Å². The molecule has 1 amide bonds. The second-order valence-corrected chi connectivity index (χ2v) is 9.00. The van der Waals surface area contributed by atoms with Crippen molar-refractivity contribution in [1.29, 1.82) is 0 Å². The fourth-order valence-corrected chi connectivity index (χ4v) is 4.75. The van der Waals surface area contributed by atoms with Gasteiger partial charge < -0.3 is 10.1 Å². The summed E-state index contributed by atoms with van der Waals surface area (Å²) in [5.41, 5.74) is 2.55. The smallest absolute Gasteiger partial charge is 0.337 e. The molecule has 7 heteroatoms. The first-order valence-electron chi connectivity index (χ1n) is 11.2. The molecule has 1 aromatic carbocycles. The van der Waals surface area contributed by atoms with Crippen LogP contribution < -0.4 is 5.32 Å². The molecule has 1 atom stereocenters. The normalized spacial score (nSPS) is 16.8. The van der Waals surface area contributed by atoms with Crippen LogP contribution in [0, 0.1) is 5.92 Å². The van der Waals surface area contributed by atoms with E-state index in [4.69, 9.17) is 9.72 Å². The van der Waals surface area contributed by atoms with Crippen molar-refractivity contribution in [2.24, 2.45) is 5.92 Å². The van der Waals surface area contributed by atoms with Crippen molar-refractivity contribution < 1.29 is 14.3 Å². The number of unbranched alkanes of at least 4 members (excludes halogenated alkanes) is 3. The lowest BCUT2D eigenvalue weighted by Crippen LogP contribution is -2.42. The highest BCUT2D eigenvalue weighted by atomic mass is 32.1. The zero-order chi connectivity index (χ0) is 22.1. The Bertz CT molecular complexity index is 850. The average Bonchev–Trinajstić information content (AvgIpc) is 3.27. The molecule has 0 spiro atoms. The number of methoxy groups -OCH3 is 1. The van der Waals surface area contributed by atoms with E-state index in [9.17, 15) is 9.59 Å². The number of carbonyl (C=O) groups excluding carboxylic acids is 2. The highest BCUT2D eigenvalue weighted by Crippen LogP contribution is 2.26. The van der Waals surface area contributed by atoms with E-state index in [1.165, 1.54) is 26.4 Å². The Morgan fingerprint density at radius 1 is 1.23 bits per heavy atom. The Labute approximate surface area is 189 Å². The zero-order valence-corrected chi connectivity index (χ0v) is 19.4. The van der Waals surface area contributed by atoms with Gasteiger partial charge in [0.25, 0.3) is 0 Å². The molecule has 0 bridgehead atoms. The molecule has 1 saturated heterocycles. The number of esters is 1. The Morgan fingerprint density at radius 3 is 2.77 bits per heavy atom. The number of amides is 1. The number of benzene rings is 1. The van der Waals surface area contributed by atoms with Gasteiger partial charge in [-0.1, -0.05) is 38.3 Å². The van der Waals surface area contributed by atoms with Crippen LogP contribution in [0.2, 0.25) is 0 Å². The van der Waals surface area contributed by atoms with E-state index in [1.54, 1.807) is 23.5 Å². The highest BCUT2D eigenvalue weighted by molar-refractivity contribution is 7.13. The van der Waals surface area contributed by atoms with E-state index in [1.807, 2.05) is 12.1 Å². The molecule has 3 rings (SSSR count). The first-order valence-corrected chi connectivity index (χ1v) is 12.1. The molecule has 1 aromatic heterocycles. The van der Waals surface area contributed by atoms with Crippen molar-refractivity contribution >= 4 is 23.2 Å². The number of rotatable bonds is 10. The van der Waals surface area contributed by atoms with Crippen LogP contribution in [0.1, 0.15) is 61.5 Å². The maximum absolute atomic E-state index is 12.5. The molecule has 0 aliphatic carbocycles. The molecule has 0 radical (unpaired) electrons. The van der Waals surface area contributed by atoms with Gasteiger partial charge in [-0.05, 0) is 37.9 Å². The van der Waals surface area contributed by atoms with Crippen LogP contribution >= 0.6 is 11.3 Å². The minimum atomic E-state index is -0.337. The van der Waals surface area contributed by atoms with Gasteiger partial charge in [-0.2, -0.15) is 0 Å². The second-order valence-electron chi connectivity index (χ2n) is 8.14. The molecule has 2 aromatic rings. The Balaban J connectivity index is 1.50. The fourth-order valence-electron chi connectivity index (χ4n) is 3.93. The van der Waals surface area contributed by atoms with Crippen molar-refractivity contribution in [3.8, 4) is 10.6 Å². The summed E-state index contributed by atoms with van der Waals surface area (Å²) < 4.78 is 4.75. The molecule has 0 saturated carbocycles. The summed E-state index contributed by atoms with van der Waals surface area (Å²) >= 11 is 1.60. The quantitative estimate of drug-likeness (QED) is 0.432. The molecule has 1 unspecified atom stereocenters. The number of aromatic nitrogens is 1. The summed E-state index contributed by atoms with van der Waals surface area (Å²) in [5.74, 6) is -0.0641. The highest BCUT2D eigenvalue weighted by Gasteiger charge is 2.26. The first kappa shape index (κ1) is 23.4. The molecule has 6 nitrogen and oxygen atoms in total. The lowest BCUT2D eigenvalue weighted by atomic mass is 9.97. The molecular weight excluding hydrogens is 410 g/mol. The number of thiazole rings is 1. The largest absolute Gasteiger partial charge is 0.465 e. The van der Waals surface area contributed by atoms with E-state index in [0.29, 0.717) is 5.56 Å². The van der Waals surface area contributed by atoms with Crippen LogP contribution in [0.15, 0.2) is 29.6 Å². The Morgan fingerprint density at radius 2 is 2.03 bits per heavy atom. The summed E-state index contributed by atoms with van der Waals surface area (Å²) in [6, 6.07) is 7.32. The summed E-state index contributed by atoms with van der Waals surface area (Å²) in [7, 11) is 1.38. The van der Waals surface area contributed by atoms with Crippen LogP contribution in [-0.2, 0) is 16.1 Å². The van der Waals surface area contributed by atoms with Gasteiger partial charge >= 0.3 is 5.97 Å². The molecule has 1 aliphatic rings. The second kappa shape index (κ2) is 12.0. The number of nitrogens with one attached hydrogen (secondary N) is 1. The van der Waals surface area contributed by atoms with Crippen molar-refractivity contribution in [3.63, 3.8) is 0 Å². The third-order valence-electron chi connectivity index (χ3n) is 5.70. The molecule has 1 aliphatic heterocycles. The number of nitrogens with zero attached hydrogens (tertiary/aromatic N) is 2. The predicted octanol–water partition coefficient (Wildman–Crippen LogP) is 4.51. The molecule has 1 N–H and O–H groups in total. The van der Waals surface area contributed by atoms with Crippen LogP contribution in [0.4, 0.5) is 0 Å². The Hall–Kier alpha value is -2.25. The number of piperidine rings is 1. The third-order valence-corrected chi connectivity index (χ3v) is 6.64. The summed E-state index contributed by atoms with van der Waals surface area (Å²) in [5, 5.41) is 6.15. The SMILES string of the molecule is CCCCCCNC(=O)C1CCCN(Cc2csc(-c3ccc(C(=O)OC)cc3)n2)C1. The standard InChI is InChI=1S/C24H33N3O3S/c1-3-4-5-6-13-25-22(28)20-8-7-14-27(15-20)16-21-17-31-23(26-21)18-9-11-19(12-10-18)24(29)30-2/h9-12,17,20H,3-8,13-16H2,1-2H3,(H,25,28). The number of carbonyl (C=O) groups is 2. The van der Waals surface area contributed by atoms with Crippen LogP contribution in [0.25, 0.3) is 10.6 Å². The minimum absolute atomic E-state index is 0.0731. The van der Waals surface area contributed by atoms with Crippen LogP contribution in [0.5, 0.6) is 0 Å². The maximum Gasteiger partial charge on any atom is 0.337 e. The van der Waals surface area contributed by atoms with Gasteiger partial charge in [0.1, 0.15) is 5.01 Å². The summed E-state index contributed by atoms with van der Waals surface area (Å²) in [6.07, 6.45) is 6.70. The number of hydrogen-bond donors (Lipinski definition) is 1. The van der Waals surface area contributed by atoms with Gasteiger partial charge in [-0.25, -0.2) is 9.78 Å². The van der Waals surface area contributed by atoms with Gasteiger partial charge in [0.2, 0.25) is 5.91 Å². The molecule has 168 valence electrons. The van der Waals surface area contributed by atoms with Gasteiger partial charge in [-0.15, -0.1) is 11.3 Å². The topological polar surface area (TPSA) is 71.5 Å². The van der Waals surface area contributed by atoms with Crippen molar-refractivity contribution in [2.45, 2.75) is 52.0 Å². The van der Waals surface area contributed by atoms with Gasteiger partial charge in [0.05, 0.1) is 24.3 Å². The lowest BCUT2D eigenvalue weighted by molar-refractivity contribution is -0.126. The zero-order valence-electron chi connectivity index (χ0n) is 18.6. The number of hydrogen-bond acceptors (Lipinski definition) is 6. The third kappa shape index (κ3) is 6.87. The van der Waals surface area contributed by atoms with Gasteiger partial charge in [0, 0.05) is 30.6 Å². The first-order chi connectivity index (χ1) is 15.1. The van der Waals surface area contributed by atoms with Crippen LogP contribution in [0.3, 0.4) is 0 Å². The molecule has 1 fully saturated rings. The summed E-state index contributed by atoms with van der Waals surface area (Å²) in [6.45, 7) is 5.54. The monoisotopic (exact) mass is 443 g/mol. The van der Waals surface area contributed by atoms with E-state index in [-0.39, 0.29) is 17.8 Å². The van der Waals surface area contributed by atoms with E-state index >= 15 is 0 Å². The van der Waals surface area contributed by atoms with Crippen LogP contribution in [-0.4, -0.2) is 48.5 Å². The average molecular weight is 444 g/mol. The molecule has 2 heterocycles. The van der Waals surface area contributed by atoms with Gasteiger partial charge in [-0.3, -0.25) is 9.69 Å². The van der Waals surface area contributed by atoms with Crippen molar-refractivity contribution in [2.75, 3.05) is 26.7 Å². The van der Waals surface area contributed by atoms with E-state index < -0.39 is 0 Å². The molecular formula is C24H33N3O3S. The predicted molar refractivity (Wildman–Crippen MR) is 124 cm³/mol. The maximum atomic E-state index is 12.5. The molecule has 31 heavy (non-hydrogen) atoms. The van der Waals surface area contributed by atoms with E-state index in [0.717, 1.165) is 61.7 Å². The number of likely N-dealkylation sites (tertiary alicyclic amines) is 1. The fraction of sp³-hybridized carbons (Fsp3) is 0.542. The van der Waals surface area contributed by atoms with Gasteiger partial charge in [0.15, 0.2) is 0 Å². The Kier molecular flexibility index (Phi) is 9.03. The number of ether oxygens (including phenoxy) is 1. The van der Waals surface area contributed by atoms with Crippen molar-refractivity contribution in [1.82, 2.24) is 15.2 Å².